The van der Waals surface area contributed by atoms with Crippen LogP contribution in [0.2, 0.25) is 10.0 Å². The molecule has 0 spiro atoms. The molecule has 2 N–H and O–H groups in total. The van der Waals surface area contributed by atoms with E-state index in [4.69, 9.17) is 23.2 Å². The Morgan fingerprint density at radius 2 is 2.24 bits per heavy atom. The first-order chi connectivity index (χ1) is 8.16. The molecule has 92 valence electrons. The summed E-state index contributed by atoms with van der Waals surface area (Å²) in [6, 6.07) is 5.07. The molecule has 1 atom stereocenters. The molecule has 1 aromatic carbocycles. The summed E-state index contributed by atoms with van der Waals surface area (Å²) in [5.41, 5.74) is 0.435. The summed E-state index contributed by atoms with van der Waals surface area (Å²) in [5, 5.41) is 7.14. The minimum absolute atomic E-state index is 0.161. The highest BCUT2D eigenvalue weighted by atomic mass is 35.5. The van der Waals surface area contributed by atoms with Crippen LogP contribution in [0.15, 0.2) is 18.2 Å². The Kier molecular flexibility index (Phi) is 4.26. The van der Waals surface area contributed by atoms with Gasteiger partial charge in [0.05, 0.1) is 10.6 Å². The standard InChI is InChI=1S/C12H14Cl2N2O/c13-8-3-4-11(14)10(6-8)12(17)16-9-2-1-5-15-7-9/h3-4,6,9,15H,1-2,5,7H2,(H,16,17)/t9-/m0/s1. The van der Waals surface area contributed by atoms with Gasteiger partial charge in [-0.05, 0) is 37.6 Å². The van der Waals surface area contributed by atoms with Crippen molar-refractivity contribution in [2.45, 2.75) is 18.9 Å². The van der Waals surface area contributed by atoms with Crippen LogP contribution in [-0.2, 0) is 0 Å². The molecular weight excluding hydrogens is 259 g/mol. The van der Waals surface area contributed by atoms with E-state index in [2.05, 4.69) is 10.6 Å². The molecule has 0 bridgehead atoms. The van der Waals surface area contributed by atoms with Crippen LogP contribution in [0.5, 0.6) is 0 Å². The van der Waals surface area contributed by atoms with Gasteiger partial charge in [0, 0.05) is 17.6 Å². The van der Waals surface area contributed by atoms with Crippen molar-refractivity contribution in [2.75, 3.05) is 13.1 Å². The summed E-state index contributed by atoms with van der Waals surface area (Å²) in [4.78, 5) is 12.0. The summed E-state index contributed by atoms with van der Waals surface area (Å²) >= 11 is 11.8. The molecule has 0 aromatic heterocycles. The fraction of sp³-hybridized carbons (Fsp3) is 0.417. The molecule has 1 aliphatic heterocycles. The number of nitrogens with one attached hydrogen (secondary N) is 2. The zero-order valence-electron chi connectivity index (χ0n) is 9.30. The van der Waals surface area contributed by atoms with Crippen LogP contribution in [0.25, 0.3) is 0 Å². The summed E-state index contributed by atoms with van der Waals surface area (Å²) in [7, 11) is 0. The lowest BCUT2D eigenvalue weighted by atomic mass is 10.1. The number of halogens is 2. The molecule has 1 amide bonds. The molecule has 5 heteroatoms. The molecule has 0 radical (unpaired) electrons. The van der Waals surface area contributed by atoms with E-state index in [1.807, 2.05) is 0 Å². The number of amides is 1. The molecule has 2 rings (SSSR count). The second-order valence-corrected chi connectivity index (χ2v) is 4.98. The Labute approximate surface area is 110 Å². The third-order valence-electron chi connectivity index (χ3n) is 2.81. The van der Waals surface area contributed by atoms with Crippen molar-refractivity contribution < 1.29 is 4.79 Å². The number of carbonyl (C=O) groups excluding carboxylic acids is 1. The van der Waals surface area contributed by atoms with E-state index in [1.54, 1.807) is 18.2 Å². The molecule has 1 fully saturated rings. The molecule has 3 nitrogen and oxygen atoms in total. The van der Waals surface area contributed by atoms with E-state index in [9.17, 15) is 4.79 Å². The predicted molar refractivity (Wildman–Crippen MR) is 69.8 cm³/mol. The maximum absolute atomic E-state index is 12.0. The SMILES string of the molecule is O=C(N[C@H]1CCCNC1)c1cc(Cl)ccc1Cl. The summed E-state index contributed by atoms with van der Waals surface area (Å²) < 4.78 is 0. The number of rotatable bonds is 2. The van der Waals surface area contributed by atoms with Crippen molar-refractivity contribution in [1.82, 2.24) is 10.6 Å². The first-order valence-electron chi connectivity index (χ1n) is 5.63. The van der Waals surface area contributed by atoms with E-state index in [0.717, 1.165) is 25.9 Å². The van der Waals surface area contributed by atoms with E-state index < -0.39 is 0 Å². The molecule has 0 unspecified atom stereocenters. The van der Waals surface area contributed by atoms with Crippen molar-refractivity contribution in [3.8, 4) is 0 Å². The monoisotopic (exact) mass is 272 g/mol. The van der Waals surface area contributed by atoms with Crippen molar-refractivity contribution >= 4 is 29.1 Å². The molecule has 1 heterocycles. The van der Waals surface area contributed by atoms with E-state index >= 15 is 0 Å². The topological polar surface area (TPSA) is 41.1 Å². The van der Waals surface area contributed by atoms with Gasteiger partial charge in [0.2, 0.25) is 0 Å². The first-order valence-corrected chi connectivity index (χ1v) is 6.39. The highest BCUT2D eigenvalue weighted by Gasteiger charge is 2.18. The molecule has 0 aliphatic carbocycles. The Morgan fingerprint density at radius 1 is 1.41 bits per heavy atom. The first kappa shape index (κ1) is 12.7. The van der Waals surface area contributed by atoms with Crippen LogP contribution >= 0.6 is 23.2 Å². The summed E-state index contributed by atoms with van der Waals surface area (Å²) in [6.45, 7) is 1.83. The van der Waals surface area contributed by atoms with Gasteiger partial charge in [-0.25, -0.2) is 0 Å². The number of piperidine rings is 1. The molecule has 1 aliphatic rings. The fourth-order valence-corrected chi connectivity index (χ4v) is 2.29. The zero-order chi connectivity index (χ0) is 12.3. The molecule has 1 saturated heterocycles. The Morgan fingerprint density at radius 3 is 2.94 bits per heavy atom. The number of carbonyl (C=O) groups is 1. The van der Waals surface area contributed by atoms with E-state index in [0.29, 0.717) is 15.6 Å². The molecule has 1 aromatic rings. The van der Waals surface area contributed by atoms with E-state index in [-0.39, 0.29) is 11.9 Å². The largest absolute Gasteiger partial charge is 0.348 e. The average molecular weight is 273 g/mol. The Bertz CT molecular complexity index is 417. The van der Waals surface area contributed by atoms with Crippen LogP contribution in [-0.4, -0.2) is 25.0 Å². The fourth-order valence-electron chi connectivity index (χ4n) is 1.91. The Balaban J connectivity index is 2.05. The van der Waals surface area contributed by atoms with Crippen LogP contribution in [0.4, 0.5) is 0 Å². The maximum atomic E-state index is 12.0. The van der Waals surface area contributed by atoms with Crippen LogP contribution in [0.3, 0.4) is 0 Å². The third kappa shape index (κ3) is 3.35. The number of hydrogen-bond acceptors (Lipinski definition) is 2. The maximum Gasteiger partial charge on any atom is 0.253 e. The van der Waals surface area contributed by atoms with Crippen LogP contribution in [0.1, 0.15) is 23.2 Å². The molecule has 17 heavy (non-hydrogen) atoms. The minimum atomic E-state index is -0.161. The summed E-state index contributed by atoms with van der Waals surface area (Å²) in [6.07, 6.45) is 2.07. The van der Waals surface area contributed by atoms with Crippen molar-refractivity contribution in [3.05, 3.63) is 33.8 Å². The third-order valence-corrected chi connectivity index (χ3v) is 3.37. The average Bonchev–Trinajstić information content (AvgIpc) is 2.33. The molecule has 0 saturated carbocycles. The highest BCUT2D eigenvalue weighted by Crippen LogP contribution is 2.20. The summed E-state index contributed by atoms with van der Waals surface area (Å²) in [5.74, 6) is -0.161. The van der Waals surface area contributed by atoms with Gasteiger partial charge >= 0.3 is 0 Å². The van der Waals surface area contributed by atoms with Gasteiger partial charge in [0.1, 0.15) is 0 Å². The van der Waals surface area contributed by atoms with Crippen LogP contribution < -0.4 is 10.6 Å². The van der Waals surface area contributed by atoms with E-state index in [1.165, 1.54) is 0 Å². The van der Waals surface area contributed by atoms with Gasteiger partial charge < -0.3 is 10.6 Å². The minimum Gasteiger partial charge on any atom is -0.348 e. The van der Waals surface area contributed by atoms with Crippen LogP contribution in [0, 0.1) is 0 Å². The van der Waals surface area contributed by atoms with Gasteiger partial charge in [-0.15, -0.1) is 0 Å². The number of hydrogen-bond donors (Lipinski definition) is 2. The Hall–Kier alpha value is -0.770. The highest BCUT2D eigenvalue weighted by molar-refractivity contribution is 6.35. The lowest BCUT2D eigenvalue weighted by Crippen LogP contribution is -2.45. The van der Waals surface area contributed by atoms with Crippen molar-refractivity contribution in [3.63, 3.8) is 0 Å². The quantitative estimate of drug-likeness (QED) is 0.869. The van der Waals surface area contributed by atoms with Gasteiger partial charge in [0.25, 0.3) is 5.91 Å². The molecular formula is C12H14Cl2N2O. The smallest absolute Gasteiger partial charge is 0.253 e. The normalized spacial score (nSPS) is 20.0. The number of benzene rings is 1. The lowest BCUT2D eigenvalue weighted by Gasteiger charge is -2.24. The van der Waals surface area contributed by atoms with Gasteiger partial charge in [-0.3, -0.25) is 4.79 Å². The van der Waals surface area contributed by atoms with Crippen molar-refractivity contribution in [1.29, 1.82) is 0 Å². The predicted octanol–water partition coefficient (Wildman–Crippen LogP) is 2.48. The second kappa shape index (κ2) is 5.71. The van der Waals surface area contributed by atoms with Gasteiger partial charge in [0.15, 0.2) is 0 Å². The second-order valence-electron chi connectivity index (χ2n) is 4.14. The van der Waals surface area contributed by atoms with Gasteiger partial charge in [-0.1, -0.05) is 23.2 Å². The lowest BCUT2D eigenvalue weighted by molar-refractivity contribution is 0.0931. The van der Waals surface area contributed by atoms with Crippen molar-refractivity contribution in [2.24, 2.45) is 0 Å². The van der Waals surface area contributed by atoms with Gasteiger partial charge in [-0.2, -0.15) is 0 Å². The zero-order valence-corrected chi connectivity index (χ0v) is 10.8.